The van der Waals surface area contributed by atoms with Crippen LogP contribution < -0.4 is 5.32 Å². The van der Waals surface area contributed by atoms with Crippen LogP contribution in [0.25, 0.3) is 10.6 Å². The van der Waals surface area contributed by atoms with Crippen molar-refractivity contribution in [2.75, 3.05) is 13.7 Å². The van der Waals surface area contributed by atoms with E-state index in [1.54, 1.807) is 19.2 Å². The van der Waals surface area contributed by atoms with E-state index in [-0.39, 0.29) is 5.82 Å². The standard InChI is InChI=1S/C14H16ClFN2OS/c1-3-17-7-12-11(8-19-2)18-14(20-12)13-9(15)5-4-6-10(13)16/h4-6,17H,3,7-8H2,1-2H3. The van der Waals surface area contributed by atoms with Crippen molar-refractivity contribution in [2.45, 2.75) is 20.1 Å². The minimum Gasteiger partial charge on any atom is -0.378 e. The Morgan fingerprint density at radius 3 is 2.90 bits per heavy atom. The van der Waals surface area contributed by atoms with Crippen LogP contribution in [-0.4, -0.2) is 18.6 Å². The van der Waals surface area contributed by atoms with Crippen LogP contribution in [0.4, 0.5) is 4.39 Å². The number of rotatable bonds is 6. The number of ether oxygens (including phenoxy) is 1. The molecule has 0 saturated heterocycles. The zero-order valence-corrected chi connectivity index (χ0v) is 12.9. The highest BCUT2D eigenvalue weighted by Crippen LogP contribution is 2.35. The number of aromatic nitrogens is 1. The molecule has 3 nitrogen and oxygen atoms in total. The molecule has 1 heterocycles. The van der Waals surface area contributed by atoms with Crippen LogP contribution >= 0.6 is 22.9 Å². The predicted octanol–water partition coefficient (Wildman–Crippen LogP) is 3.86. The smallest absolute Gasteiger partial charge is 0.134 e. The second-order valence-corrected chi connectivity index (χ2v) is 5.69. The highest BCUT2D eigenvalue weighted by Gasteiger charge is 2.17. The first-order chi connectivity index (χ1) is 9.67. The SMILES string of the molecule is CCNCc1sc(-c2c(F)cccc2Cl)nc1COC. The molecular weight excluding hydrogens is 299 g/mol. The number of hydrogen-bond donors (Lipinski definition) is 1. The Morgan fingerprint density at radius 2 is 2.25 bits per heavy atom. The van der Waals surface area contributed by atoms with E-state index >= 15 is 0 Å². The summed E-state index contributed by atoms with van der Waals surface area (Å²) in [7, 11) is 1.62. The first-order valence-electron chi connectivity index (χ1n) is 6.30. The summed E-state index contributed by atoms with van der Waals surface area (Å²) in [6.07, 6.45) is 0. The summed E-state index contributed by atoms with van der Waals surface area (Å²) in [5.74, 6) is -0.356. The minimum absolute atomic E-state index is 0.356. The lowest BCUT2D eigenvalue weighted by Crippen LogP contribution is -2.12. The lowest BCUT2D eigenvalue weighted by molar-refractivity contribution is 0.181. The van der Waals surface area contributed by atoms with Gasteiger partial charge in [-0.3, -0.25) is 0 Å². The lowest BCUT2D eigenvalue weighted by atomic mass is 10.2. The quantitative estimate of drug-likeness (QED) is 0.879. The summed E-state index contributed by atoms with van der Waals surface area (Å²) in [5.41, 5.74) is 1.19. The molecule has 0 amide bonds. The molecule has 0 saturated carbocycles. The third kappa shape index (κ3) is 3.35. The molecule has 1 aromatic heterocycles. The third-order valence-electron chi connectivity index (χ3n) is 2.77. The van der Waals surface area contributed by atoms with Gasteiger partial charge in [-0.25, -0.2) is 9.37 Å². The molecule has 1 N–H and O–H groups in total. The van der Waals surface area contributed by atoms with E-state index in [2.05, 4.69) is 10.3 Å². The molecule has 0 fully saturated rings. The Balaban J connectivity index is 2.41. The third-order valence-corrected chi connectivity index (χ3v) is 4.20. The van der Waals surface area contributed by atoms with E-state index in [1.165, 1.54) is 17.4 Å². The molecule has 0 aliphatic heterocycles. The van der Waals surface area contributed by atoms with Crippen molar-refractivity contribution in [3.63, 3.8) is 0 Å². The molecule has 0 aliphatic rings. The van der Waals surface area contributed by atoms with Gasteiger partial charge < -0.3 is 10.1 Å². The Kier molecular flexibility index (Phi) is 5.48. The molecule has 108 valence electrons. The zero-order chi connectivity index (χ0) is 14.5. The van der Waals surface area contributed by atoms with Crippen molar-refractivity contribution >= 4 is 22.9 Å². The molecule has 2 rings (SSSR count). The van der Waals surface area contributed by atoms with Crippen molar-refractivity contribution in [3.8, 4) is 10.6 Å². The topological polar surface area (TPSA) is 34.2 Å². The minimum atomic E-state index is -0.356. The van der Waals surface area contributed by atoms with Gasteiger partial charge in [-0.15, -0.1) is 11.3 Å². The summed E-state index contributed by atoms with van der Waals surface area (Å²) in [4.78, 5) is 5.52. The van der Waals surface area contributed by atoms with Crippen molar-refractivity contribution < 1.29 is 9.13 Å². The molecule has 0 unspecified atom stereocenters. The average Bonchev–Trinajstić information content (AvgIpc) is 2.79. The molecule has 20 heavy (non-hydrogen) atoms. The largest absolute Gasteiger partial charge is 0.378 e. The van der Waals surface area contributed by atoms with Crippen LogP contribution in [-0.2, 0) is 17.9 Å². The second kappa shape index (κ2) is 7.13. The van der Waals surface area contributed by atoms with Gasteiger partial charge in [0.05, 0.1) is 22.9 Å². The van der Waals surface area contributed by atoms with Crippen LogP contribution in [0.15, 0.2) is 18.2 Å². The molecule has 0 bridgehead atoms. The first kappa shape index (κ1) is 15.4. The Morgan fingerprint density at radius 1 is 1.45 bits per heavy atom. The summed E-state index contributed by atoms with van der Waals surface area (Å²) < 4.78 is 19.1. The van der Waals surface area contributed by atoms with Crippen molar-refractivity contribution in [3.05, 3.63) is 39.6 Å². The molecule has 2 aromatic rings. The fourth-order valence-corrected chi connectivity index (χ4v) is 3.22. The molecule has 0 aliphatic carbocycles. The van der Waals surface area contributed by atoms with E-state index in [0.717, 1.165) is 17.1 Å². The number of thiazole rings is 1. The molecule has 0 spiro atoms. The Bertz CT molecular complexity index is 568. The summed E-state index contributed by atoms with van der Waals surface area (Å²) in [5, 5.41) is 4.21. The molecule has 6 heteroatoms. The van der Waals surface area contributed by atoms with Crippen LogP contribution in [0.3, 0.4) is 0 Å². The summed E-state index contributed by atoms with van der Waals surface area (Å²) in [6, 6.07) is 4.65. The predicted molar refractivity (Wildman–Crippen MR) is 80.6 cm³/mol. The van der Waals surface area contributed by atoms with Crippen LogP contribution in [0, 0.1) is 5.82 Å². The van der Waals surface area contributed by atoms with E-state index in [0.29, 0.717) is 28.7 Å². The van der Waals surface area contributed by atoms with Crippen LogP contribution in [0.5, 0.6) is 0 Å². The summed E-state index contributed by atoms with van der Waals surface area (Å²) >= 11 is 7.53. The van der Waals surface area contributed by atoms with E-state index < -0.39 is 0 Å². The summed E-state index contributed by atoms with van der Waals surface area (Å²) in [6.45, 7) is 3.99. The van der Waals surface area contributed by atoms with E-state index in [4.69, 9.17) is 16.3 Å². The fraction of sp³-hybridized carbons (Fsp3) is 0.357. The molecule has 0 atom stereocenters. The number of methoxy groups -OCH3 is 1. The zero-order valence-electron chi connectivity index (χ0n) is 11.4. The van der Waals surface area contributed by atoms with Gasteiger partial charge in [-0.1, -0.05) is 24.6 Å². The maximum Gasteiger partial charge on any atom is 0.134 e. The van der Waals surface area contributed by atoms with Gasteiger partial charge in [0.25, 0.3) is 0 Å². The molecule has 1 aromatic carbocycles. The van der Waals surface area contributed by atoms with E-state index in [9.17, 15) is 4.39 Å². The van der Waals surface area contributed by atoms with Gasteiger partial charge >= 0.3 is 0 Å². The van der Waals surface area contributed by atoms with Gasteiger partial charge in [0.15, 0.2) is 0 Å². The number of benzene rings is 1. The molecule has 0 radical (unpaired) electrons. The highest BCUT2D eigenvalue weighted by atomic mass is 35.5. The fourth-order valence-electron chi connectivity index (χ4n) is 1.82. The van der Waals surface area contributed by atoms with Gasteiger partial charge in [0.2, 0.25) is 0 Å². The van der Waals surface area contributed by atoms with Crippen molar-refractivity contribution in [1.82, 2.24) is 10.3 Å². The van der Waals surface area contributed by atoms with Gasteiger partial charge in [-0.2, -0.15) is 0 Å². The number of nitrogens with one attached hydrogen (secondary N) is 1. The first-order valence-corrected chi connectivity index (χ1v) is 7.49. The maximum absolute atomic E-state index is 14.0. The highest BCUT2D eigenvalue weighted by molar-refractivity contribution is 7.15. The van der Waals surface area contributed by atoms with Gasteiger partial charge in [0.1, 0.15) is 10.8 Å². The number of halogens is 2. The number of hydrogen-bond acceptors (Lipinski definition) is 4. The van der Waals surface area contributed by atoms with Crippen LogP contribution in [0.1, 0.15) is 17.5 Å². The van der Waals surface area contributed by atoms with Gasteiger partial charge in [-0.05, 0) is 18.7 Å². The molecular formula is C14H16ClFN2OS. The van der Waals surface area contributed by atoms with Crippen molar-refractivity contribution in [2.24, 2.45) is 0 Å². The number of nitrogens with zero attached hydrogens (tertiary/aromatic N) is 1. The Labute approximate surface area is 126 Å². The van der Waals surface area contributed by atoms with E-state index in [1.807, 2.05) is 6.92 Å². The normalized spacial score (nSPS) is 11.0. The van der Waals surface area contributed by atoms with Crippen LogP contribution in [0.2, 0.25) is 5.02 Å². The second-order valence-electron chi connectivity index (χ2n) is 4.20. The van der Waals surface area contributed by atoms with Crippen molar-refractivity contribution in [1.29, 1.82) is 0 Å². The monoisotopic (exact) mass is 314 g/mol. The Hall–Kier alpha value is -1.01. The maximum atomic E-state index is 14.0. The average molecular weight is 315 g/mol. The lowest BCUT2D eigenvalue weighted by Gasteiger charge is -2.01. The van der Waals surface area contributed by atoms with Gasteiger partial charge in [0, 0.05) is 18.5 Å².